The summed E-state index contributed by atoms with van der Waals surface area (Å²) >= 11 is 0. The van der Waals surface area contributed by atoms with Gasteiger partial charge < -0.3 is 15.1 Å². The third-order valence-corrected chi connectivity index (χ3v) is 4.17. The van der Waals surface area contributed by atoms with Gasteiger partial charge in [-0.05, 0) is 30.9 Å². The first-order chi connectivity index (χ1) is 9.81. The average molecular weight is 277 g/mol. The Labute approximate surface area is 122 Å². The predicted molar refractivity (Wildman–Crippen MR) is 82.9 cm³/mol. The lowest BCUT2D eigenvalue weighted by Crippen LogP contribution is -2.45. The van der Waals surface area contributed by atoms with Crippen molar-refractivity contribution in [2.24, 2.45) is 10.9 Å². The van der Waals surface area contributed by atoms with Crippen molar-refractivity contribution in [3.05, 3.63) is 24.2 Å². The third kappa shape index (κ3) is 4.58. The fourth-order valence-corrected chi connectivity index (χ4v) is 2.94. The molecule has 0 amide bonds. The maximum Gasteiger partial charge on any atom is 0.191 e. The van der Waals surface area contributed by atoms with Gasteiger partial charge in [-0.25, -0.2) is 0 Å². The molecule has 2 N–H and O–H groups in total. The fraction of sp³-hybridized carbons (Fsp3) is 0.688. The number of hydrogen-bond acceptors (Lipinski definition) is 2. The molecule has 1 saturated carbocycles. The number of furan rings is 1. The van der Waals surface area contributed by atoms with Crippen LogP contribution in [0.1, 0.15) is 44.8 Å². The Bertz CT molecular complexity index is 400. The van der Waals surface area contributed by atoms with E-state index in [0.717, 1.165) is 30.6 Å². The first-order valence-electron chi connectivity index (χ1n) is 7.81. The highest BCUT2D eigenvalue weighted by Crippen LogP contribution is 2.26. The van der Waals surface area contributed by atoms with Crippen LogP contribution in [0.15, 0.2) is 27.8 Å². The number of nitrogens with zero attached hydrogens (tertiary/aromatic N) is 1. The van der Waals surface area contributed by atoms with Crippen molar-refractivity contribution < 1.29 is 4.42 Å². The molecule has 2 atom stereocenters. The van der Waals surface area contributed by atoms with E-state index in [9.17, 15) is 0 Å². The molecule has 0 bridgehead atoms. The van der Waals surface area contributed by atoms with Crippen LogP contribution >= 0.6 is 0 Å². The summed E-state index contributed by atoms with van der Waals surface area (Å²) in [6.07, 6.45) is 9.15. The fourth-order valence-electron chi connectivity index (χ4n) is 2.94. The topological polar surface area (TPSA) is 49.6 Å². The third-order valence-electron chi connectivity index (χ3n) is 4.17. The van der Waals surface area contributed by atoms with Crippen LogP contribution in [0.3, 0.4) is 0 Å². The summed E-state index contributed by atoms with van der Waals surface area (Å²) in [5.41, 5.74) is 0. The van der Waals surface area contributed by atoms with Gasteiger partial charge in [0.05, 0.1) is 6.26 Å². The second-order valence-corrected chi connectivity index (χ2v) is 5.61. The number of rotatable bonds is 5. The molecule has 2 rings (SSSR count). The molecule has 0 saturated heterocycles. The predicted octanol–water partition coefficient (Wildman–Crippen LogP) is 2.96. The van der Waals surface area contributed by atoms with Gasteiger partial charge >= 0.3 is 0 Å². The van der Waals surface area contributed by atoms with E-state index in [1.165, 1.54) is 32.1 Å². The summed E-state index contributed by atoms with van der Waals surface area (Å²) in [5.74, 6) is 2.80. The largest absolute Gasteiger partial charge is 0.469 e. The molecule has 20 heavy (non-hydrogen) atoms. The van der Waals surface area contributed by atoms with E-state index in [2.05, 4.69) is 22.5 Å². The lowest BCUT2D eigenvalue weighted by molar-refractivity contribution is 0.298. The quantitative estimate of drug-likeness (QED) is 0.642. The van der Waals surface area contributed by atoms with Crippen molar-refractivity contribution in [3.63, 3.8) is 0 Å². The molecule has 0 radical (unpaired) electrons. The standard InChI is InChI=1S/C16H27N3O/c1-3-13-6-4-7-14(12-13)19-16(17-2)18-10-9-15-8-5-11-20-15/h5,8,11,13-14H,3-4,6-7,9-10,12H2,1-2H3,(H2,17,18,19). The first kappa shape index (κ1) is 14.9. The molecule has 4 heteroatoms. The molecule has 0 spiro atoms. The molecule has 1 aromatic heterocycles. The molecule has 112 valence electrons. The minimum atomic E-state index is 0.573. The number of nitrogens with one attached hydrogen (secondary N) is 2. The van der Waals surface area contributed by atoms with E-state index in [4.69, 9.17) is 4.42 Å². The summed E-state index contributed by atoms with van der Waals surface area (Å²) < 4.78 is 5.33. The lowest BCUT2D eigenvalue weighted by atomic mass is 9.84. The van der Waals surface area contributed by atoms with Crippen LogP contribution in [0.25, 0.3) is 0 Å². The summed E-state index contributed by atoms with van der Waals surface area (Å²) in [6.45, 7) is 3.14. The Hall–Kier alpha value is -1.45. The Kier molecular flexibility index (Phi) is 5.96. The van der Waals surface area contributed by atoms with Crippen molar-refractivity contribution in [2.75, 3.05) is 13.6 Å². The van der Waals surface area contributed by atoms with E-state index < -0.39 is 0 Å². The maximum atomic E-state index is 5.33. The van der Waals surface area contributed by atoms with Gasteiger partial charge in [-0.2, -0.15) is 0 Å². The highest BCUT2D eigenvalue weighted by atomic mass is 16.3. The number of hydrogen-bond donors (Lipinski definition) is 2. The van der Waals surface area contributed by atoms with Crippen LogP contribution in [0.2, 0.25) is 0 Å². The van der Waals surface area contributed by atoms with Gasteiger partial charge in [0.25, 0.3) is 0 Å². The van der Waals surface area contributed by atoms with E-state index in [1.54, 1.807) is 6.26 Å². The Morgan fingerprint density at radius 3 is 3.05 bits per heavy atom. The number of guanidine groups is 1. The van der Waals surface area contributed by atoms with Crippen molar-refractivity contribution in [2.45, 2.75) is 51.5 Å². The molecule has 1 aliphatic carbocycles. The van der Waals surface area contributed by atoms with Crippen LogP contribution in [-0.2, 0) is 6.42 Å². The van der Waals surface area contributed by atoms with Gasteiger partial charge in [-0.3, -0.25) is 4.99 Å². The van der Waals surface area contributed by atoms with Crippen LogP contribution in [-0.4, -0.2) is 25.6 Å². The molecule has 1 aliphatic rings. The Balaban J connectivity index is 1.72. The molecule has 1 heterocycles. The molecule has 4 nitrogen and oxygen atoms in total. The normalized spacial score (nSPS) is 23.6. The second-order valence-electron chi connectivity index (χ2n) is 5.61. The van der Waals surface area contributed by atoms with Crippen LogP contribution in [0, 0.1) is 5.92 Å². The average Bonchev–Trinajstić information content (AvgIpc) is 2.99. The van der Waals surface area contributed by atoms with Gasteiger partial charge in [0.2, 0.25) is 0 Å². The van der Waals surface area contributed by atoms with Crippen LogP contribution in [0.5, 0.6) is 0 Å². The molecule has 1 aromatic rings. The van der Waals surface area contributed by atoms with Crippen molar-refractivity contribution in [1.82, 2.24) is 10.6 Å². The van der Waals surface area contributed by atoms with E-state index in [1.807, 2.05) is 19.2 Å². The summed E-state index contributed by atoms with van der Waals surface area (Å²) in [4.78, 5) is 4.32. The van der Waals surface area contributed by atoms with E-state index >= 15 is 0 Å². The zero-order valence-corrected chi connectivity index (χ0v) is 12.7. The van der Waals surface area contributed by atoms with Gasteiger partial charge in [0.15, 0.2) is 5.96 Å². The molecular formula is C16H27N3O. The van der Waals surface area contributed by atoms with Crippen LogP contribution in [0.4, 0.5) is 0 Å². The summed E-state index contributed by atoms with van der Waals surface area (Å²) in [7, 11) is 1.84. The van der Waals surface area contributed by atoms with Crippen molar-refractivity contribution in [3.8, 4) is 0 Å². The smallest absolute Gasteiger partial charge is 0.191 e. The van der Waals surface area contributed by atoms with Gasteiger partial charge in [-0.15, -0.1) is 0 Å². The van der Waals surface area contributed by atoms with Crippen LogP contribution < -0.4 is 10.6 Å². The molecular weight excluding hydrogens is 250 g/mol. The molecule has 0 aliphatic heterocycles. The van der Waals surface area contributed by atoms with Gasteiger partial charge in [0, 0.05) is 26.1 Å². The summed E-state index contributed by atoms with van der Waals surface area (Å²) in [6, 6.07) is 4.50. The van der Waals surface area contributed by atoms with Gasteiger partial charge in [0.1, 0.15) is 5.76 Å². The molecule has 1 fully saturated rings. The van der Waals surface area contributed by atoms with Crippen molar-refractivity contribution >= 4 is 5.96 Å². The number of aliphatic imine (C=N–C) groups is 1. The Morgan fingerprint density at radius 2 is 2.35 bits per heavy atom. The SMILES string of the molecule is CCC1CCCC(NC(=NC)NCCc2ccco2)C1. The first-order valence-corrected chi connectivity index (χ1v) is 7.81. The lowest BCUT2D eigenvalue weighted by Gasteiger charge is -2.30. The highest BCUT2D eigenvalue weighted by Gasteiger charge is 2.21. The zero-order chi connectivity index (χ0) is 14.2. The zero-order valence-electron chi connectivity index (χ0n) is 12.7. The Morgan fingerprint density at radius 1 is 1.45 bits per heavy atom. The molecule has 0 aromatic carbocycles. The second kappa shape index (κ2) is 7.98. The molecule has 2 unspecified atom stereocenters. The van der Waals surface area contributed by atoms with Gasteiger partial charge in [-0.1, -0.05) is 26.2 Å². The highest BCUT2D eigenvalue weighted by molar-refractivity contribution is 5.79. The van der Waals surface area contributed by atoms with Crippen molar-refractivity contribution in [1.29, 1.82) is 0 Å². The van der Waals surface area contributed by atoms with E-state index in [-0.39, 0.29) is 0 Å². The van der Waals surface area contributed by atoms with E-state index in [0.29, 0.717) is 6.04 Å². The minimum Gasteiger partial charge on any atom is -0.469 e. The minimum absolute atomic E-state index is 0.573. The summed E-state index contributed by atoms with van der Waals surface area (Å²) in [5, 5.41) is 6.93. The maximum absolute atomic E-state index is 5.33. The monoisotopic (exact) mass is 277 g/mol.